The van der Waals surface area contributed by atoms with E-state index in [4.69, 9.17) is 16.0 Å². The van der Waals surface area contributed by atoms with Gasteiger partial charge in [0, 0.05) is 36.7 Å². The van der Waals surface area contributed by atoms with Gasteiger partial charge in [0.2, 0.25) is 0 Å². The maximum Gasteiger partial charge on any atom is 0.278 e. The first-order valence-corrected chi connectivity index (χ1v) is 9.37. The van der Waals surface area contributed by atoms with E-state index in [1.165, 1.54) is 0 Å². The number of anilines is 1. The fourth-order valence-corrected chi connectivity index (χ4v) is 2.89. The molecule has 0 bridgehead atoms. The van der Waals surface area contributed by atoms with Crippen LogP contribution in [0.15, 0.2) is 41.1 Å². The third-order valence-corrected chi connectivity index (χ3v) is 4.36. The fraction of sp³-hybridized carbons (Fsp3) is 0.300. The Balaban J connectivity index is 1.67. The SMILES string of the molecule is CC(=O)CCCCn1cc(NC(=O)c2nc(C)oc2-c2ccc(Cl)cc2)cn1. The van der Waals surface area contributed by atoms with E-state index in [1.807, 2.05) is 0 Å². The normalized spacial score (nSPS) is 10.8. The molecule has 1 N–H and O–H groups in total. The van der Waals surface area contributed by atoms with Crippen LogP contribution in [0.25, 0.3) is 11.3 Å². The molecule has 0 aliphatic rings. The van der Waals surface area contributed by atoms with E-state index in [0.717, 1.165) is 18.4 Å². The molecular formula is C20H21ClN4O3. The quantitative estimate of drug-likeness (QED) is 0.562. The van der Waals surface area contributed by atoms with Crippen LogP contribution in [0, 0.1) is 6.92 Å². The Morgan fingerprint density at radius 1 is 1.21 bits per heavy atom. The number of aryl methyl sites for hydroxylation is 2. The number of carbonyl (C=O) groups excluding carboxylic acids is 2. The van der Waals surface area contributed by atoms with Gasteiger partial charge in [-0.3, -0.25) is 9.48 Å². The first-order valence-electron chi connectivity index (χ1n) is 8.99. The van der Waals surface area contributed by atoms with E-state index in [-0.39, 0.29) is 17.4 Å². The molecule has 0 spiro atoms. The maximum absolute atomic E-state index is 12.7. The van der Waals surface area contributed by atoms with Crippen LogP contribution in [-0.4, -0.2) is 26.5 Å². The highest BCUT2D eigenvalue weighted by Crippen LogP contribution is 2.27. The van der Waals surface area contributed by atoms with Gasteiger partial charge in [0.25, 0.3) is 5.91 Å². The Morgan fingerprint density at radius 2 is 1.96 bits per heavy atom. The van der Waals surface area contributed by atoms with E-state index in [9.17, 15) is 9.59 Å². The lowest BCUT2D eigenvalue weighted by atomic mass is 10.1. The molecule has 1 amide bonds. The molecule has 0 unspecified atom stereocenters. The summed E-state index contributed by atoms with van der Waals surface area (Å²) in [6, 6.07) is 7.01. The summed E-state index contributed by atoms with van der Waals surface area (Å²) < 4.78 is 7.37. The van der Waals surface area contributed by atoms with Crippen molar-refractivity contribution in [1.82, 2.24) is 14.8 Å². The molecule has 2 aromatic heterocycles. The summed E-state index contributed by atoms with van der Waals surface area (Å²) >= 11 is 5.93. The van der Waals surface area contributed by atoms with Gasteiger partial charge in [-0.2, -0.15) is 5.10 Å². The second kappa shape index (κ2) is 8.84. The Bertz CT molecular complexity index is 976. The van der Waals surface area contributed by atoms with Crippen molar-refractivity contribution in [2.24, 2.45) is 0 Å². The Kier molecular flexibility index (Phi) is 6.26. The summed E-state index contributed by atoms with van der Waals surface area (Å²) in [5.41, 5.74) is 1.49. The van der Waals surface area contributed by atoms with E-state index in [2.05, 4.69) is 15.4 Å². The number of oxazole rings is 1. The highest BCUT2D eigenvalue weighted by Gasteiger charge is 2.20. The molecule has 3 rings (SSSR count). The van der Waals surface area contributed by atoms with Gasteiger partial charge in [-0.15, -0.1) is 0 Å². The number of amides is 1. The van der Waals surface area contributed by atoms with Crippen LogP contribution in [0.5, 0.6) is 0 Å². The van der Waals surface area contributed by atoms with Crippen LogP contribution in [0.3, 0.4) is 0 Å². The summed E-state index contributed by atoms with van der Waals surface area (Å²) in [6.07, 6.45) is 5.57. The Morgan fingerprint density at radius 3 is 2.68 bits per heavy atom. The predicted octanol–water partition coefficient (Wildman–Crippen LogP) is 4.51. The zero-order valence-electron chi connectivity index (χ0n) is 15.7. The van der Waals surface area contributed by atoms with Gasteiger partial charge in [0.1, 0.15) is 5.78 Å². The van der Waals surface area contributed by atoms with Crippen LogP contribution >= 0.6 is 11.6 Å². The van der Waals surface area contributed by atoms with Crippen molar-refractivity contribution in [2.75, 3.05) is 5.32 Å². The number of unbranched alkanes of at least 4 members (excludes halogenated alkanes) is 1. The first kappa shape index (κ1) is 19.8. The summed E-state index contributed by atoms with van der Waals surface area (Å²) in [6.45, 7) is 3.96. The summed E-state index contributed by atoms with van der Waals surface area (Å²) in [5, 5.41) is 7.63. The number of hydrogen-bond acceptors (Lipinski definition) is 5. The van der Waals surface area contributed by atoms with E-state index < -0.39 is 0 Å². The number of carbonyl (C=O) groups is 2. The van der Waals surface area contributed by atoms with Crippen LogP contribution in [-0.2, 0) is 11.3 Å². The second-order valence-corrected chi connectivity index (χ2v) is 6.96. The molecule has 0 saturated carbocycles. The van der Waals surface area contributed by atoms with Crippen molar-refractivity contribution in [3.63, 3.8) is 0 Å². The molecule has 3 aromatic rings. The fourth-order valence-electron chi connectivity index (χ4n) is 2.77. The zero-order chi connectivity index (χ0) is 20.1. The lowest BCUT2D eigenvalue weighted by molar-refractivity contribution is -0.117. The lowest BCUT2D eigenvalue weighted by Gasteiger charge is -2.03. The molecule has 7 nitrogen and oxygen atoms in total. The summed E-state index contributed by atoms with van der Waals surface area (Å²) in [7, 11) is 0. The number of ketones is 1. The highest BCUT2D eigenvalue weighted by molar-refractivity contribution is 6.30. The van der Waals surface area contributed by atoms with Gasteiger partial charge in [0.05, 0.1) is 11.9 Å². The minimum absolute atomic E-state index is 0.188. The van der Waals surface area contributed by atoms with Crippen molar-refractivity contribution in [1.29, 1.82) is 0 Å². The number of nitrogens with zero attached hydrogens (tertiary/aromatic N) is 3. The molecule has 0 saturated heterocycles. The highest BCUT2D eigenvalue weighted by atomic mass is 35.5. The number of rotatable bonds is 8. The average Bonchev–Trinajstić information content (AvgIpc) is 3.25. The molecule has 0 atom stereocenters. The number of aromatic nitrogens is 3. The largest absolute Gasteiger partial charge is 0.440 e. The second-order valence-electron chi connectivity index (χ2n) is 6.52. The summed E-state index contributed by atoms with van der Waals surface area (Å²) in [5.74, 6) is 0.602. The predicted molar refractivity (Wildman–Crippen MR) is 106 cm³/mol. The third-order valence-electron chi connectivity index (χ3n) is 4.11. The Hall–Kier alpha value is -2.93. The molecule has 0 fully saturated rings. The smallest absolute Gasteiger partial charge is 0.278 e. The van der Waals surface area contributed by atoms with Gasteiger partial charge in [-0.25, -0.2) is 4.98 Å². The van der Waals surface area contributed by atoms with Crippen LogP contribution in [0.4, 0.5) is 5.69 Å². The van der Waals surface area contributed by atoms with Crippen molar-refractivity contribution < 1.29 is 14.0 Å². The third kappa shape index (κ3) is 5.07. The van der Waals surface area contributed by atoms with Crippen LogP contribution < -0.4 is 5.32 Å². The molecule has 2 heterocycles. The van der Waals surface area contributed by atoms with E-state index >= 15 is 0 Å². The van der Waals surface area contributed by atoms with Crippen LogP contribution in [0.2, 0.25) is 5.02 Å². The van der Waals surface area contributed by atoms with Gasteiger partial charge in [0.15, 0.2) is 17.3 Å². The van der Waals surface area contributed by atoms with E-state index in [0.29, 0.717) is 35.3 Å². The number of Topliss-reactive ketones (excluding diaryl/α,β-unsaturated/α-hetero) is 1. The van der Waals surface area contributed by atoms with Crippen molar-refractivity contribution in [3.05, 3.63) is 53.3 Å². The number of halogens is 1. The minimum atomic E-state index is -0.377. The summed E-state index contributed by atoms with van der Waals surface area (Å²) in [4.78, 5) is 27.9. The maximum atomic E-state index is 12.7. The van der Waals surface area contributed by atoms with Gasteiger partial charge < -0.3 is 14.5 Å². The minimum Gasteiger partial charge on any atom is -0.440 e. The van der Waals surface area contributed by atoms with Gasteiger partial charge in [-0.1, -0.05) is 11.6 Å². The van der Waals surface area contributed by atoms with Crippen LogP contribution in [0.1, 0.15) is 42.6 Å². The average molecular weight is 401 g/mol. The molecule has 8 heteroatoms. The molecule has 1 aromatic carbocycles. The van der Waals surface area contributed by atoms with Gasteiger partial charge >= 0.3 is 0 Å². The molecular weight excluding hydrogens is 380 g/mol. The van der Waals surface area contributed by atoms with E-state index in [1.54, 1.807) is 55.2 Å². The van der Waals surface area contributed by atoms with Crippen molar-refractivity contribution in [2.45, 2.75) is 39.7 Å². The molecule has 0 radical (unpaired) electrons. The zero-order valence-corrected chi connectivity index (χ0v) is 16.5. The molecule has 0 aliphatic carbocycles. The molecule has 146 valence electrons. The van der Waals surface area contributed by atoms with Crippen molar-refractivity contribution in [3.8, 4) is 11.3 Å². The Labute approximate surface area is 167 Å². The number of benzene rings is 1. The standard InChI is InChI=1S/C20H21ClN4O3/c1-13(26)5-3-4-10-25-12-17(11-22-25)24-20(27)18-19(28-14(2)23-18)15-6-8-16(21)9-7-15/h6-9,11-12H,3-5,10H2,1-2H3,(H,24,27). The number of hydrogen-bond donors (Lipinski definition) is 1. The number of nitrogens with one attached hydrogen (secondary N) is 1. The topological polar surface area (TPSA) is 90.0 Å². The van der Waals surface area contributed by atoms with Crippen molar-refractivity contribution >= 4 is 29.0 Å². The monoisotopic (exact) mass is 400 g/mol. The molecule has 0 aliphatic heterocycles. The molecule has 28 heavy (non-hydrogen) atoms. The first-order chi connectivity index (χ1) is 13.4. The van der Waals surface area contributed by atoms with Gasteiger partial charge in [-0.05, 0) is 44.0 Å². The lowest BCUT2D eigenvalue weighted by Crippen LogP contribution is -2.13.